The van der Waals surface area contributed by atoms with Crippen LogP contribution in [0.5, 0.6) is 0 Å². The number of nitrogens with zero attached hydrogens (tertiary/aromatic N) is 1. The molecule has 2 rings (SSSR count). The molecule has 0 aliphatic rings. The van der Waals surface area contributed by atoms with Gasteiger partial charge in [-0.2, -0.15) is 0 Å². The summed E-state index contributed by atoms with van der Waals surface area (Å²) in [5.41, 5.74) is 1.97. The number of halogens is 1. The molecule has 1 N–H and O–H groups in total. The molecule has 0 bridgehead atoms. The van der Waals surface area contributed by atoms with Gasteiger partial charge in [-0.25, -0.2) is 8.42 Å². The van der Waals surface area contributed by atoms with Crippen LogP contribution in [0.1, 0.15) is 18.4 Å². The van der Waals surface area contributed by atoms with Crippen molar-refractivity contribution in [2.45, 2.75) is 24.7 Å². The van der Waals surface area contributed by atoms with Crippen molar-refractivity contribution in [1.29, 1.82) is 0 Å². The zero-order valence-corrected chi connectivity index (χ0v) is 17.9. The van der Waals surface area contributed by atoms with Crippen molar-refractivity contribution in [3.05, 3.63) is 53.1 Å². The molecule has 0 fully saturated rings. The van der Waals surface area contributed by atoms with Crippen molar-refractivity contribution in [2.75, 3.05) is 28.7 Å². The molecule has 27 heavy (non-hydrogen) atoms. The van der Waals surface area contributed by atoms with Gasteiger partial charge in [0, 0.05) is 28.6 Å². The number of hydrogen-bond acceptors (Lipinski definition) is 4. The minimum absolute atomic E-state index is 0.149. The molecule has 0 aliphatic heterocycles. The molecule has 2 aromatic carbocycles. The van der Waals surface area contributed by atoms with Crippen LogP contribution in [0.3, 0.4) is 0 Å². The Labute approximate surface area is 170 Å². The highest BCUT2D eigenvalue weighted by atomic mass is 35.5. The van der Waals surface area contributed by atoms with Crippen LogP contribution in [0.2, 0.25) is 5.02 Å². The zero-order valence-electron chi connectivity index (χ0n) is 15.5. The minimum Gasteiger partial charge on any atom is -0.326 e. The van der Waals surface area contributed by atoms with Crippen molar-refractivity contribution in [2.24, 2.45) is 0 Å². The van der Waals surface area contributed by atoms with E-state index in [0.717, 1.165) is 16.8 Å². The summed E-state index contributed by atoms with van der Waals surface area (Å²) in [5, 5.41) is 3.36. The lowest BCUT2D eigenvalue weighted by atomic mass is 10.2. The van der Waals surface area contributed by atoms with Crippen LogP contribution in [-0.2, 0) is 14.8 Å². The maximum Gasteiger partial charge on any atom is 0.232 e. The van der Waals surface area contributed by atoms with Gasteiger partial charge < -0.3 is 5.32 Å². The van der Waals surface area contributed by atoms with Crippen LogP contribution >= 0.6 is 23.4 Å². The van der Waals surface area contributed by atoms with Gasteiger partial charge >= 0.3 is 0 Å². The molecule has 0 heterocycles. The molecule has 0 aromatic heterocycles. The first-order chi connectivity index (χ1) is 12.7. The molecule has 8 heteroatoms. The van der Waals surface area contributed by atoms with Crippen LogP contribution in [0, 0.1) is 6.92 Å². The Hall–Kier alpha value is -1.70. The predicted octanol–water partition coefficient (Wildman–Crippen LogP) is 4.56. The van der Waals surface area contributed by atoms with E-state index < -0.39 is 10.0 Å². The first-order valence-corrected chi connectivity index (χ1v) is 11.8. The van der Waals surface area contributed by atoms with Crippen LogP contribution < -0.4 is 9.62 Å². The van der Waals surface area contributed by atoms with E-state index in [1.807, 2.05) is 30.5 Å². The molecule has 0 saturated carbocycles. The SMILES string of the molecule is CSc1cccc(NC(=O)CCCN(c2cccc(Cl)c2C)S(C)(=O)=O)c1. The van der Waals surface area contributed by atoms with Crippen LogP contribution in [0.15, 0.2) is 47.4 Å². The molecule has 0 saturated heterocycles. The summed E-state index contributed by atoms with van der Waals surface area (Å²) in [7, 11) is -3.48. The summed E-state index contributed by atoms with van der Waals surface area (Å²) in [5.74, 6) is -0.149. The Balaban J connectivity index is 2.01. The molecule has 0 aliphatic carbocycles. The van der Waals surface area contributed by atoms with Gasteiger partial charge in [-0.3, -0.25) is 9.10 Å². The molecule has 0 spiro atoms. The summed E-state index contributed by atoms with van der Waals surface area (Å²) in [6.45, 7) is 1.99. The lowest BCUT2D eigenvalue weighted by Gasteiger charge is -2.24. The number of thioether (sulfide) groups is 1. The summed E-state index contributed by atoms with van der Waals surface area (Å²) < 4.78 is 25.7. The monoisotopic (exact) mass is 426 g/mol. The Morgan fingerprint density at radius 1 is 1.22 bits per heavy atom. The van der Waals surface area contributed by atoms with E-state index in [0.29, 0.717) is 22.7 Å². The Bertz CT molecular complexity index is 917. The average molecular weight is 427 g/mol. The molecule has 0 unspecified atom stereocenters. The van der Waals surface area contributed by atoms with Gasteiger partial charge in [0.25, 0.3) is 0 Å². The number of anilines is 2. The van der Waals surface area contributed by atoms with Crippen molar-refractivity contribution in [3.8, 4) is 0 Å². The predicted molar refractivity (Wildman–Crippen MR) is 114 cm³/mol. The van der Waals surface area contributed by atoms with E-state index in [1.165, 1.54) is 4.31 Å². The summed E-state index contributed by atoms with van der Waals surface area (Å²) in [6, 6.07) is 12.7. The molecular formula is C19H23ClN2O3S2. The number of carbonyl (C=O) groups excluding carboxylic acids is 1. The molecule has 0 radical (unpaired) electrons. The molecule has 0 atom stereocenters. The van der Waals surface area contributed by atoms with Crippen molar-refractivity contribution < 1.29 is 13.2 Å². The van der Waals surface area contributed by atoms with Gasteiger partial charge in [0.2, 0.25) is 15.9 Å². The zero-order chi connectivity index (χ0) is 20.0. The quantitative estimate of drug-likeness (QED) is 0.628. The number of carbonyl (C=O) groups is 1. The van der Waals surface area contributed by atoms with Gasteiger partial charge in [0.05, 0.1) is 11.9 Å². The maximum absolute atomic E-state index is 12.2. The normalized spacial score (nSPS) is 11.3. The van der Waals surface area contributed by atoms with E-state index in [1.54, 1.807) is 36.9 Å². The van der Waals surface area contributed by atoms with E-state index in [2.05, 4.69) is 5.32 Å². The minimum atomic E-state index is -3.48. The summed E-state index contributed by atoms with van der Waals surface area (Å²) >= 11 is 7.72. The Morgan fingerprint density at radius 3 is 2.59 bits per heavy atom. The highest BCUT2D eigenvalue weighted by Crippen LogP contribution is 2.28. The van der Waals surface area contributed by atoms with E-state index in [-0.39, 0.29) is 18.9 Å². The number of sulfonamides is 1. The molecule has 1 amide bonds. The van der Waals surface area contributed by atoms with E-state index >= 15 is 0 Å². The first-order valence-electron chi connectivity index (χ1n) is 8.39. The Morgan fingerprint density at radius 2 is 1.93 bits per heavy atom. The number of amides is 1. The fourth-order valence-corrected chi connectivity index (χ4v) is 4.28. The van der Waals surface area contributed by atoms with Crippen molar-refractivity contribution in [1.82, 2.24) is 0 Å². The average Bonchev–Trinajstić information content (AvgIpc) is 2.61. The number of nitrogens with one attached hydrogen (secondary N) is 1. The molecule has 2 aromatic rings. The summed E-state index contributed by atoms with van der Waals surface area (Å²) in [4.78, 5) is 13.3. The number of hydrogen-bond donors (Lipinski definition) is 1. The van der Waals surface area contributed by atoms with Gasteiger partial charge in [0.1, 0.15) is 0 Å². The second-order valence-electron chi connectivity index (χ2n) is 6.10. The van der Waals surface area contributed by atoms with Crippen molar-refractivity contribution in [3.63, 3.8) is 0 Å². The second kappa shape index (κ2) is 9.48. The molecular weight excluding hydrogens is 404 g/mol. The van der Waals surface area contributed by atoms with Gasteiger partial charge in [-0.15, -0.1) is 11.8 Å². The maximum atomic E-state index is 12.2. The van der Waals surface area contributed by atoms with Gasteiger partial charge in [-0.1, -0.05) is 23.7 Å². The third-order valence-corrected chi connectivity index (χ3v) is 6.34. The fraction of sp³-hybridized carbons (Fsp3) is 0.316. The topological polar surface area (TPSA) is 66.5 Å². The van der Waals surface area contributed by atoms with Gasteiger partial charge in [0.15, 0.2) is 0 Å². The third-order valence-electron chi connectivity index (χ3n) is 4.03. The summed E-state index contributed by atoms with van der Waals surface area (Å²) in [6.07, 6.45) is 3.74. The second-order valence-corrected chi connectivity index (χ2v) is 9.30. The molecule has 5 nitrogen and oxygen atoms in total. The standard InChI is InChI=1S/C19H23ClN2O3S2/c1-14-17(20)9-5-10-18(14)22(27(3,24)25)12-6-11-19(23)21-15-7-4-8-16(13-15)26-2/h4-5,7-10,13H,6,11-12H2,1-3H3,(H,21,23). The highest BCUT2D eigenvalue weighted by molar-refractivity contribution is 7.98. The number of rotatable bonds is 8. The van der Waals surface area contributed by atoms with Crippen LogP contribution in [0.25, 0.3) is 0 Å². The van der Waals surface area contributed by atoms with E-state index in [4.69, 9.17) is 11.6 Å². The Kier molecular flexibility index (Phi) is 7.59. The van der Waals surface area contributed by atoms with Gasteiger partial charge in [-0.05, 0) is 55.5 Å². The van der Waals surface area contributed by atoms with Crippen molar-refractivity contribution >= 4 is 50.7 Å². The first kappa shape index (κ1) is 21.6. The fourth-order valence-electron chi connectivity index (χ4n) is 2.64. The lowest BCUT2D eigenvalue weighted by molar-refractivity contribution is -0.116. The third kappa shape index (κ3) is 6.16. The smallest absolute Gasteiger partial charge is 0.232 e. The van der Waals surface area contributed by atoms with Crippen LogP contribution in [-0.4, -0.2) is 33.4 Å². The van der Waals surface area contributed by atoms with Crippen LogP contribution in [0.4, 0.5) is 11.4 Å². The number of benzene rings is 2. The highest BCUT2D eigenvalue weighted by Gasteiger charge is 2.20. The lowest BCUT2D eigenvalue weighted by Crippen LogP contribution is -2.32. The largest absolute Gasteiger partial charge is 0.326 e. The van der Waals surface area contributed by atoms with E-state index in [9.17, 15) is 13.2 Å². The molecule has 146 valence electrons.